The molecule has 0 N–H and O–H groups in total. The molecule has 0 aromatic heterocycles. The summed E-state index contributed by atoms with van der Waals surface area (Å²) in [7, 11) is -1.25. The molecule has 0 saturated heterocycles. The summed E-state index contributed by atoms with van der Waals surface area (Å²) < 4.78 is 0. The summed E-state index contributed by atoms with van der Waals surface area (Å²) in [5, 5.41) is 0. The van der Waals surface area contributed by atoms with Crippen LogP contribution in [0.15, 0.2) is 0 Å². The first-order valence-corrected chi connectivity index (χ1v) is 12.7. The molecule has 0 spiro atoms. The fourth-order valence-corrected chi connectivity index (χ4v) is 6.76. The molecule has 116 valence electrons. The van der Waals surface area contributed by atoms with Gasteiger partial charge < -0.3 is 0 Å². The Morgan fingerprint density at radius 3 is 1.32 bits per heavy atom. The molecule has 0 aliphatic heterocycles. The van der Waals surface area contributed by atoms with Crippen molar-refractivity contribution in [2.24, 2.45) is 0 Å². The minimum Gasteiger partial charge on any atom is -0.177 e. The predicted octanol–water partition coefficient (Wildman–Crippen LogP) is 6.86. The first-order chi connectivity index (χ1) is 8.84. The zero-order valence-corrected chi connectivity index (χ0v) is 16.2. The lowest BCUT2D eigenvalue weighted by molar-refractivity contribution is 0.789. The minimum absolute atomic E-state index is 0.338. The third-order valence-corrected chi connectivity index (χ3v) is 9.71. The van der Waals surface area contributed by atoms with Crippen LogP contribution in [-0.2, 0) is 0 Å². The van der Waals surface area contributed by atoms with Gasteiger partial charge >= 0.3 is 0 Å². The SMILES string of the molecule is CCCC[B-](CCCC)(CCCC)C(Cl)[Si](C)(C)C. The van der Waals surface area contributed by atoms with Gasteiger partial charge in [0.15, 0.2) is 0 Å². The van der Waals surface area contributed by atoms with Crippen molar-refractivity contribution in [3.05, 3.63) is 0 Å². The maximum atomic E-state index is 7.08. The Balaban J connectivity index is 5.07. The first kappa shape index (κ1) is 19.6. The quantitative estimate of drug-likeness (QED) is 0.289. The summed E-state index contributed by atoms with van der Waals surface area (Å²) in [5.74, 6) is 0. The number of hydrogen-bond donors (Lipinski definition) is 0. The fraction of sp³-hybridized carbons (Fsp3) is 1.00. The van der Waals surface area contributed by atoms with E-state index in [4.69, 9.17) is 11.6 Å². The second-order valence-corrected chi connectivity index (χ2v) is 14.0. The molecule has 0 bridgehead atoms. The van der Waals surface area contributed by atoms with Crippen LogP contribution in [0.3, 0.4) is 0 Å². The zero-order valence-electron chi connectivity index (χ0n) is 14.4. The lowest BCUT2D eigenvalue weighted by Gasteiger charge is -2.49. The van der Waals surface area contributed by atoms with Crippen molar-refractivity contribution < 1.29 is 0 Å². The van der Waals surface area contributed by atoms with E-state index >= 15 is 0 Å². The Bertz CT molecular complexity index is 204. The van der Waals surface area contributed by atoms with Crippen molar-refractivity contribution in [1.29, 1.82) is 0 Å². The van der Waals surface area contributed by atoms with Gasteiger partial charge in [-0.25, -0.2) is 0 Å². The van der Waals surface area contributed by atoms with Crippen molar-refractivity contribution in [2.75, 3.05) is 0 Å². The fourth-order valence-electron chi connectivity index (χ4n) is 3.76. The molecule has 0 saturated carbocycles. The van der Waals surface area contributed by atoms with Gasteiger partial charge in [-0.1, -0.05) is 83.8 Å². The van der Waals surface area contributed by atoms with Gasteiger partial charge in [-0.3, -0.25) is 0 Å². The molecule has 0 aliphatic rings. The van der Waals surface area contributed by atoms with Crippen molar-refractivity contribution in [2.45, 2.75) is 103 Å². The molecule has 0 rings (SSSR count). The third-order valence-electron chi connectivity index (χ3n) is 4.85. The van der Waals surface area contributed by atoms with E-state index in [0.29, 0.717) is 4.90 Å². The van der Waals surface area contributed by atoms with Crippen LogP contribution in [0, 0.1) is 0 Å². The van der Waals surface area contributed by atoms with E-state index < -0.39 is 8.07 Å². The molecule has 19 heavy (non-hydrogen) atoms. The molecule has 1 atom stereocenters. The molecule has 0 nitrogen and oxygen atoms in total. The second-order valence-electron chi connectivity index (χ2n) is 7.77. The summed E-state index contributed by atoms with van der Waals surface area (Å²) in [5.41, 5.74) is 0. The Kier molecular flexibility index (Phi) is 9.78. The molecule has 1 unspecified atom stereocenters. The van der Waals surface area contributed by atoms with Crippen molar-refractivity contribution in [3.63, 3.8) is 0 Å². The summed E-state index contributed by atoms with van der Waals surface area (Å²) in [6, 6.07) is 0. The number of rotatable bonds is 11. The highest BCUT2D eigenvalue weighted by Gasteiger charge is 2.37. The molecule has 0 fully saturated rings. The van der Waals surface area contributed by atoms with Crippen LogP contribution in [0.1, 0.15) is 59.3 Å². The summed E-state index contributed by atoms with van der Waals surface area (Å²) in [6.45, 7) is 14.3. The van der Waals surface area contributed by atoms with Gasteiger partial charge in [-0.05, 0) is 0 Å². The third kappa shape index (κ3) is 6.71. The normalized spacial score (nSPS) is 14.7. The largest absolute Gasteiger partial charge is 0.177 e. The van der Waals surface area contributed by atoms with Crippen LogP contribution < -0.4 is 0 Å². The summed E-state index contributed by atoms with van der Waals surface area (Å²) in [6.07, 6.45) is 12.0. The van der Waals surface area contributed by atoms with Crippen LogP contribution >= 0.6 is 11.6 Å². The molecule has 0 aromatic rings. The van der Waals surface area contributed by atoms with Gasteiger partial charge in [-0.15, -0.1) is 0 Å². The van der Waals surface area contributed by atoms with Gasteiger partial charge in [0.2, 0.25) is 0 Å². The Morgan fingerprint density at radius 1 is 0.789 bits per heavy atom. The van der Waals surface area contributed by atoms with Crippen LogP contribution in [0.2, 0.25) is 38.6 Å². The molecule has 3 heteroatoms. The van der Waals surface area contributed by atoms with E-state index in [2.05, 4.69) is 40.4 Å². The lowest BCUT2D eigenvalue weighted by Crippen LogP contribution is -2.55. The Hall–Kier alpha value is 0.572. The molecule has 0 heterocycles. The van der Waals surface area contributed by atoms with Crippen LogP contribution in [0.25, 0.3) is 0 Å². The van der Waals surface area contributed by atoms with Crippen LogP contribution in [0.5, 0.6) is 0 Å². The van der Waals surface area contributed by atoms with Crippen molar-refractivity contribution in [3.8, 4) is 0 Å². The van der Waals surface area contributed by atoms with Gasteiger partial charge in [0.25, 0.3) is 0 Å². The van der Waals surface area contributed by atoms with Crippen molar-refractivity contribution in [1.82, 2.24) is 0 Å². The van der Waals surface area contributed by atoms with E-state index in [1.165, 1.54) is 57.5 Å². The average molecular weight is 304 g/mol. The molecule has 0 aliphatic carbocycles. The monoisotopic (exact) mass is 303 g/mol. The average Bonchev–Trinajstić information content (AvgIpc) is 2.36. The van der Waals surface area contributed by atoms with E-state index in [1.54, 1.807) is 0 Å². The maximum absolute atomic E-state index is 7.08. The maximum Gasteiger partial charge on any atom is 0.0266 e. The lowest BCUT2D eigenvalue weighted by atomic mass is 9.20. The molecular weight excluding hydrogens is 267 g/mol. The highest BCUT2D eigenvalue weighted by Crippen LogP contribution is 2.38. The number of alkyl halides is 1. The van der Waals surface area contributed by atoms with E-state index in [-0.39, 0.29) is 6.15 Å². The number of hydrogen-bond acceptors (Lipinski definition) is 0. The standard InChI is InChI=1S/C16H37BClSi/c1-7-10-13-17(14-11-8-2,15-12-9-3)16(18)19(4,5)6/h16H,7-15H2,1-6H3/q-1. The summed E-state index contributed by atoms with van der Waals surface area (Å²) >= 11 is 7.08. The predicted molar refractivity (Wildman–Crippen MR) is 97.9 cm³/mol. The van der Waals surface area contributed by atoms with Gasteiger partial charge in [0.1, 0.15) is 0 Å². The Labute approximate surface area is 129 Å². The molecule has 0 radical (unpaired) electrons. The topological polar surface area (TPSA) is 0 Å². The van der Waals surface area contributed by atoms with E-state index in [9.17, 15) is 0 Å². The minimum atomic E-state index is -1.25. The van der Waals surface area contributed by atoms with E-state index in [1.807, 2.05) is 0 Å². The van der Waals surface area contributed by atoms with Crippen LogP contribution in [0.4, 0.5) is 0 Å². The smallest absolute Gasteiger partial charge is 0.0266 e. The zero-order chi connectivity index (χ0) is 14.9. The highest BCUT2D eigenvalue weighted by atomic mass is 35.5. The first-order valence-electron chi connectivity index (χ1n) is 8.69. The van der Waals surface area contributed by atoms with Crippen molar-refractivity contribution >= 4 is 25.8 Å². The number of halogens is 1. The van der Waals surface area contributed by atoms with E-state index in [0.717, 1.165) is 0 Å². The van der Waals surface area contributed by atoms with Gasteiger partial charge in [0.05, 0.1) is 0 Å². The number of unbranched alkanes of at least 4 members (excludes halogenated alkanes) is 3. The van der Waals surface area contributed by atoms with Crippen LogP contribution in [-0.4, -0.2) is 19.1 Å². The highest BCUT2D eigenvalue weighted by molar-refractivity contribution is 7.05. The molecular formula is C16H37BClSi-. The Morgan fingerprint density at radius 2 is 1.11 bits per heavy atom. The second kappa shape index (κ2) is 9.50. The summed E-state index contributed by atoms with van der Waals surface area (Å²) in [4.78, 5) is 0.497. The molecule has 0 aromatic carbocycles. The van der Waals surface area contributed by atoms with Gasteiger partial charge in [-0.2, -0.15) is 30.6 Å². The van der Waals surface area contributed by atoms with Gasteiger partial charge in [0, 0.05) is 14.2 Å². The molecule has 0 amide bonds.